The van der Waals surface area contributed by atoms with Gasteiger partial charge in [0.25, 0.3) is 0 Å². The fourth-order valence-electron chi connectivity index (χ4n) is 2.96. The van der Waals surface area contributed by atoms with Crippen molar-refractivity contribution in [2.75, 3.05) is 57.4 Å². The van der Waals surface area contributed by atoms with E-state index in [0.717, 1.165) is 61.4 Å². The molecule has 1 aliphatic heterocycles. The Kier molecular flexibility index (Phi) is 4.90. The Balaban J connectivity index is 1.73. The van der Waals surface area contributed by atoms with Crippen LogP contribution in [0.4, 0.5) is 11.4 Å². The van der Waals surface area contributed by atoms with Crippen molar-refractivity contribution < 1.29 is 0 Å². The number of nitrogens with two attached hydrogens (primary N) is 1. The van der Waals surface area contributed by atoms with Gasteiger partial charge in [0.2, 0.25) is 0 Å². The Bertz CT molecular complexity index is 695. The number of hydrogen-bond acceptors (Lipinski definition) is 5. The zero-order chi connectivity index (χ0) is 16.4. The lowest BCUT2D eigenvalue weighted by atomic mass is 10.1. The van der Waals surface area contributed by atoms with Gasteiger partial charge in [-0.25, -0.2) is 4.98 Å². The SMILES string of the molecule is Cc1ccc2c(NCCN3CCN(C)CC3)c(N)c(Cl)nc2c1. The maximum absolute atomic E-state index is 6.20. The van der Waals surface area contributed by atoms with E-state index >= 15 is 0 Å². The van der Waals surface area contributed by atoms with E-state index in [4.69, 9.17) is 17.3 Å². The van der Waals surface area contributed by atoms with E-state index in [2.05, 4.69) is 39.3 Å². The predicted octanol–water partition coefficient (Wildman–Crippen LogP) is 2.44. The van der Waals surface area contributed by atoms with Crippen molar-refractivity contribution >= 4 is 33.9 Å². The van der Waals surface area contributed by atoms with Gasteiger partial charge in [0, 0.05) is 44.7 Å². The number of anilines is 2. The van der Waals surface area contributed by atoms with Gasteiger partial charge in [-0.2, -0.15) is 0 Å². The molecule has 1 aromatic carbocycles. The van der Waals surface area contributed by atoms with Gasteiger partial charge in [0.05, 0.1) is 16.9 Å². The molecule has 1 saturated heterocycles. The van der Waals surface area contributed by atoms with Gasteiger partial charge in [-0.15, -0.1) is 0 Å². The molecule has 0 spiro atoms. The van der Waals surface area contributed by atoms with Crippen molar-refractivity contribution in [3.05, 3.63) is 28.9 Å². The van der Waals surface area contributed by atoms with Crippen molar-refractivity contribution in [2.45, 2.75) is 6.92 Å². The number of aryl methyl sites for hydroxylation is 1. The molecule has 0 radical (unpaired) electrons. The number of nitrogens with one attached hydrogen (secondary N) is 1. The molecule has 0 aliphatic carbocycles. The molecule has 2 aromatic rings. The smallest absolute Gasteiger partial charge is 0.154 e. The van der Waals surface area contributed by atoms with E-state index in [-0.39, 0.29) is 0 Å². The van der Waals surface area contributed by atoms with Gasteiger partial charge in [0.1, 0.15) is 0 Å². The lowest BCUT2D eigenvalue weighted by molar-refractivity contribution is 0.158. The number of likely N-dealkylation sites (N-methyl/N-ethyl adjacent to an activating group) is 1. The third kappa shape index (κ3) is 3.68. The van der Waals surface area contributed by atoms with Gasteiger partial charge >= 0.3 is 0 Å². The van der Waals surface area contributed by atoms with Crippen molar-refractivity contribution in [3.63, 3.8) is 0 Å². The summed E-state index contributed by atoms with van der Waals surface area (Å²) in [4.78, 5) is 9.22. The number of nitrogen functional groups attached to an aromatic ring is 1. The monoisotopic (exact) mass is 333 g/mol. The number of pyridine rings is 1. The average molecular weight is 334 g/mol. The van der Waals surface area contributed by atoms with Crippen molar-refractivity contribution in [1.82, 2.24) is 14.8 Å². The predicted molar refractivity (Wildman–Crippen MR) is 98.3 cm³/mol. The molecule has 3 rings (SSSR count). The average Bonchev–Trinajstić information content (AvgIpc) is 2.53. The molecule has 1 aromatic heterocycles. The van der Waals surface area contributed by atoms with Gasteiger partial charge < -0.3 is 16.0 Å². The summed E-state index contributed by atoms with van der Waals surface area (Å²) in [5.41, 5.74) is 9.62. The molecular formula is C17H24ClN5. The molecule has 3 N–H and O–H groups in total. The highest BCUT2D eigenvalue weighted by molar-refractivity contribution is 6.33. The first-order chi connectivity index (χ1) is 11.0. The molecule has 0 atom stereocenters. The molecule has 0 bridgehead atoms. The summed E-state index contributed by atoms with van der Waals surface area (Å²) in [7, 11) is 2.17. The second-order valence-corrected chi connectivity index (χ2v) is 6.64. The molecule has 5 nitrogen and oxygen atoms in total. The van der Waals surface area contributed by atoms with Crippen LogP contribution in [0.2, 0.25) is 5.15 Å². The Morgan fingerprint density at radius 2 is 2.00 bits per heavy atom. The van der Waals surface area contributed by atoms with Crippen molar-refractivity contribution in [3.8, 4) is 0 Å². The van der Waals surface area contributed by atoms with Crippen LogP contribution >= 0.6 is 11.6 Å². The summed E-state index contributed by atoms with van der Waals surface area (Å²) < 4.78 is 0. The summed E-state index contributed by atoms with van der Waals surface area (Å²) in [5, 5.41) is 4.86. The minimum atomic E-state index is 0.366. The van der Waals surface area contributed by atoms with Crippen LogP contribution in [0.5, 0.6) is 0 Å². The molecule has 0 saturated carbocycles. The number of hydrogen-bond donors (Lipinski definition) is 2. The highest BCUT2D eigenvalue weighted by atomic mass is 35.5. The lowest BCUT2D eigenvalue weighted by Crippen LogP contribution is -2.45. The Morgan fingerprint density at radius 1 is 1.26 bits per heavy atom. The highest BCUT2D eigenvalue weighted by Gasteiger charge is 2.14. The van der Waals surface area contributed by atoms with Gasteiger partial charge in [-0.05, 0) is 25.6 Å². The van der Waals surface area contributed by atoms with E-state index in [1.807, 2.05) is 13.0 Å². The molecule has 1 aliphatic rings. The molecular weight excluding hydrogens is 310 g/mol. The molecule has 2 heterocycles. The number of piperazine rings is 1. The third-order valence-electron chi connectivity index (χ3n) is 4.46. The second-order valence-electron chi connectivity index (χ2n) is 6.28. The summed E-state index contributed by atoms with van der Waals surface area (Å²) in [6.07, 6.45) is 0. The standard InChI is InChI=1S/C17H24ClN5/c1-12-3-4-13-14(11-12)21-17(18)15(19)16(13)20-5-6-23-9-7-22(2)8-10-23/h3-4,11H,5-10,19H2,1-2H3,(H,20,21). The summed E-state index contributed by atoms with van der Waals surface area (Å²) >= 11 is 6.20. The summed E-state index contributed by atoms with van der Waals surface area (Å²) in [5.74, 6) is 0. The van der Waals surface area contributed by atoms with E-state index in [9.17, 15) is 0 Å². The summed E-state index contributed by atoms with van der Waals surface area (Å²) in [6, 6.07) is 6.16. The maximum Gasteiger partial charge on any atom is 0.154 e. The molecule has 0 unspecified atom stereocenters. The normalized spacial score (nSPS) is 16.8. The Hall–Kier alpha value is -1.56. The van der Waals surface area contributed by atoms with Gasteiger partial charge in [0.15, 0.2) is 5.15 Å². The molecule has 23 heavy (non-hydrogen) atoms. The largest absolute Gasteiger partial charge is 0.395 e. The fourth-order valence-corrected chi connectivity index (χ4v) is 3.15. The minimum Gasteiger partial charge on any atom is -0.395 e. The van der Waals surface area contributed by atoms with E-state index in [0.29, 0.717) is 10.8 Å². The first kappa shape index (κ1) is 16.3. The fraction of sp³-hybridized carbons (Fsp3) is 0.471. The van der Waals surface area contributed by atoms with E-state index < -0.39 is 0 Å². The molecule has 1 fully saturated rings. The molecule has 0 amide bonds. The number of fused-ring (bicyclic) bond motifs is 1. The lowest BCUT2D eigenvalue weighted by Gasteiger charge is -2.32. The minimum absolute atomic E-state index is 0.366. The van der Waals surface area contributed by atoms with E-state index in [1.54, 1.807) is 0 Å². The Labute approximate surface area is 142 Å². The van der Waals surface area contributed by atoms with Crippen LogP contribution < -0.4 is 11.1 Å². The van der Waals surface area contributed by atoms with Gasteiger partial charge in [-0.1, -0.05) is 23.7 Å². The van der Waals surface area contributed by atoms with Crippen LogP contribution in [0.15, 0.2) is 18.2 Å². The Morgan fingerprint density at radius 3 is 2.74 bits per heavy atom. The topological polar surface area (TPSA) is 57.4 Å². The first-order valence-electron chi connectivity index (χ1n) is 8.04. The zero-order valence-corrected chi connectivity index (χ0v) is 14.5. The number of benzene rings is 1. The van der Waals surface area contributed by atoms with Crippen LogP contribution in [0, 0.1) is 6.92 Å². The third-order valence-corrected chi connectivity index (χ3v) is 4.75. The number of rotatable bonds is 4. The number of nitrogens with zero attached hydrogens (tertiary/aromatic N) is 3. The van der Waals surface area contributed by atoms with Crippen LogP contribution in [-0.4, -0.2) is 61.1 Å². The van der Waals surface area contributed by atoms with Crippen molar-refractivity contribution in [1.29, 1.82) is 0 Å². The maximum atomic E-state index is 6.20. The number of aromatic nitrogens is 1. The summed E-state index contributed by atoms with van der Waals surface area (Å²) in [6.45, 7) is 8.38. The second kappa shape index (κ2) is 6.91. The van der Waals surface area contributed by atoms with Crippen molar-refractivity contribution in [2.24, 2.45) is 0 Å². The zero-order valence-electron chi connectivity index (χ0n) is 13.8. The van der Waals surface area contributed by atoms with E-state index in [1.165, 1.54) is 0 Å². The quantitative estimate of drug-likeness (QED) is 0.842. The molecule has 124 valence electrons. The molecule has 6 heteroatoms. The van der Waals surface area contributed by atoms with Gasteiger partial charge in [-0.3, -0.25) is 4.90 Å². The van der Waals surface area contributed by atoms with Crippen LogP contribution in [-0.2, 0) is 0 Å². The first-order valence-corrected chi connectivity index (χ1v) is 8.42. The van der Waals surface area contributed by atoms with Crippen LogP contribution in [0.25, 0.3) is 10.9 Å². The van der Waals surface area contributed by atoms with Crippen LogP contribution in [0.3, 0.4) is 0 Å². The number of halogens is 1. The van der Waals surface area contributed by atoms with Crippen LogP contribution in [0.1, 0.15) is 5.56 Å². The highest BCUT2D eigenvalue weighted by Crippen LogP contribution is 2.33.